The van der Waals surface area contributed by atoms with Gasteiger partial charge in [-0.1, -0.05) is 13.8 Å². The average Bonchev–Trinajstić information content (AvgIpc) is 2.41. The molecule has 5 nitrogen and oxygen atoms in total. The first-order valence-corrected chi connectivity index (χ1v) is 7.07. The number of aromatic hydroxyl groups is 1. The molecule has 5 heteroatoms. The fourth-order valence-electron chi connectivity index (χ4n) is 2.55. The Bertz CT molecular complexity index is 480. The predicted molar refractivity (Wildman–Crippen MR) is 79.7 cm³/mol. The van der Waals surface area contributed by atoms with Crippen LogP contribution in [0.15, 0.2) is 18.2 Å². The number of nitrogens with zero attached hydrogens (tertiary/aromatic N) is 2. The Morgan fingerprint density at radius 2 is 1.95 bits per heavy atom. The standard InChI is InChI=1S/C15H23N3O2/c1-11(2)10-17-5-7-18(8-6-17)15(20)13-9-12(19)3-4-14(13)16/h3-4,9,11,19H,5-8,10,16H2,1-2H3. The molecule has 20 heavy (non-hydrogen) atoms. The predicted octanol–water partition coefficient (Wildman–Crippen LogP) is 1.39. The van der Waals surface area contributed by atoms with Crippen molar-refractivity contribution < 1.29 is 9.90 Å². The van der Waals surface area contributed by atoms with Gasteiger partial charge in [0.15, 0.2) is 0 Å². The molecule has 2 rings (SSSR count). The van der Waals surface area contributed by atoms with E-state index in [0.717, 1.165) is 19.6 Å². The van der Waals surface area contributed by atoms with Gasteiger partial charge in [0.25, 0.3) is 5.91 Å². The first-order valence-electron chi connectivity index (χ1n) is 7.07. The average molecular weight is 277 g/mol. The molecule has 3 N–H and O–H groups in total. The number of rotatable bonds is 3. The topological polar surface area (TPSA) is 69.8 Å². The normalized spacial score (nSPS) is 16.6. The number of piperazine rings is 1. The van der Waals surface area contributed by atoms with Crippen molar-refractivity contribution in [3.8, 4) is 5.75 Å². The smallest absolute Gasteiger partial charge is 0.256 e. The summed E-state index contributed by atoms with van der Waals surface area (Å²) >= 11 is 0. The number of benzene rings is 1. The molecule has 0 aliphatic carbocycles. The fourth-order valence-corrected chi connectivity index (χ4v) is 2.55. The van der Waals surface area contributed by atoms with Crippen molar-refractivity contribution in [1.29, 1.82) is 0 Å². The zero-order valence-electron chi connectivity index (χ0n) is 12.2. The third-order valence-electron chi connectivity index (χ3n) is 3.55. The van der Waals surface area contributed by atoms with E-state index in [2.05, 4.69) is 18.7 Å². The molecule has 0 atom stereocenters. The molecular weight excluding hydrogens is 254 g/mol. The molecule has 1 aromatic carbocycles. The van der Waals surface area contributed by atoms with E-state index in [4.69, 9.17) is 5.73 Å². The number of hydrogen-bond donors (Lipinski definition) is 2. The summed E-state index contributed by atoms with van der Waals surface area (Å²) in [6.07, 6.45) is 0. The number of hydrogen-bond acceptors (Lipinski definition) is 4. The van der Waals surface area contributed by atoms with Crippen LogP contribution in [0.2, 0.25) is 0 Å². The van der Waals surface area contributed by atoms with Crippen LogP contribution in [0.1, 0.15) is 24.2 Å². The lowest BCUT2D eigenvalue weighted by atomic mass is 10.1. The highest BCUT2D eigenvalue weighted by atomic mass is 16.3. The maximum atomic E-state index is 12.4. The Labute approximate surface area is 120 Å². The Hall–Kier alpha value is -1.75. The van der Waals surface area contributed by atoms with Crippen LogP contribution in [0.25, 0.3) is 0 Å². The summed E-state index contributed by atoms with van der Waals surface area (Å²) in [6.45, 7) is 8.67. The van der Waals surface area contributed by atoms with Gasteiger partial charge in [0, 0.05) is 38.4 Å². The second-order valence-electron chi connectivity index (χ2n) is 5.76. The number of nitrogens with two attached hydrogens (primary N) is 1. The monoisotopic (exact) mass is 277 g/mol. The van der Waals surface area contributed by atoms with E-state index in [0.29, 0.717) is 30.3 Å². The van der Waals surface area contributed by atoms with E-state index in [1.165, 1.54) is 12.1 Å². The molecule has 1 aromatic rings. The summed E-state index contributed by atoms with van der Waals surface area (Å²) in [5.41, 5.74) is 6.63. The molecule has 1 aliphatic heterocycles. The van der Waals surface area contributed by atoms with E-state index in [1.807, 2.05) is 4.90 Å². The van der Waals surface area contributed by atoms with E-state index in [1.54, 1.807) is 6.07 Å². The Morgan fingerprint density at radius 1 is 1.30 bits per heavy atom. The quantitative estimate of drug-likeness (QED) is 0.647. The molecule has 0 spiro atoms. The van der Waals surface area contributed by atoms with Gasteiger partial charge in [-0.3, -0.25) is 9.69 Å². The molecule has 0 bridgehead atoms. The molecule has 1 fully saturated rings. The summed E-state index contributed by atoms with van der Waals surface area (Å²) in [6, 6.07) is 4.50. The van der Waals surface area contributed by atoms with Gasteiger partial charge >= 0.3 is 0 Å². The zero-order valence-corrected chi connectivity index (χ0v) is 12.2. The second kappa shape index (κ2) is 6.13. The largest absolute Gasteiger partial charge is 0.508 e. The Balaban J connectivity index is 2.00. The number of amides is 1. The minimum Gasteiger partial charge on any atom is -0.508 e. The van der Waals surface area contributed by atoms with Gasteiger partial charge in [0.1, 0.15) is 5.75 Å². The van der Waals surface area contributed by atoms with Crippen LogP contribution >= 0.6 is 0 Å². The maximum Gasteiger partial charge on any atom is 0.256 e. The van der Waals surface area contributed by atoms with Gasteiger partial charge in [0.2, 0.25) is 0 Å². The van der Waals surface area contributed by atoms with E-state index >= 15 is 0 Å². The number of carbonyl (C=O) groups excluding carboxylic acids is 1. The first kappa shape index (κ1) is 14.7. The summed E-state index contributed by atoms with van der Waals surface area (Å²) in [7, 11) is 0. The van der Waals surface area contributed by atoms with Crippen molar-refractivity contribution in [1.82, 2.24) is 9.80 Å². The molecule has 110 valence electrons. The highest BCUT2D eigenvalue weighted by molar-refractivity contribution is 5.99. The van der Waals surface area contributed by atoms with Crippen molar-refractivity contribution in [2.24, 2.45) is 5.92 Å². The van der Waals surface area contributed by atoms with Gasteiger partial charge in [-0.2, -0.15) is 0 Å². The van der Waals surface area contributed by atoms with E-state index in [-0.39, 0.29) is 11.7 Å². The van der Waals surface area contributed by atoms with Gasteiger partial charge in [-0.05, 0) is 24.1 Å². The molecular formula is C15H23N3O2. The molecule has 0 saturated carbocycles. The van der Waals surface area contributed by atoms with Crippen molar-refractivity contribution in [2.75, 3.05) is 38.5 Å². The van der Waals surface area contributed by atoms with Gasteiger partial charge < -0.3 is 15.7 Å². The van der Waals surface area contributed by atoms with Gasteiger partial charge in [-0.25, -0.2) is 0 Å². The zero-order chi connectivity index (χ0) is 14.7. The summed E-state index contributed by atoms with van der Waals surface area (Å²) in [5, 5.41) is 9.49. The molecule has 1 aliphatic rings. The molecule has 0 radical (unpaired) electrons. The molecule has 0 aromatic heterocycles. The number of nitrogen functional groups attached to an aromatic ring is 1. The lowest BCUT2D eigenvalue weighted by molar-refractivity contribution is 0.0624. The summed E-state index contributed by atoms with van der Waals surface area (Å²) in [5.74, 6) is 0.613. The van der Waals surface area contributed by atoms with E-state index in [9.17, 15) is 9.90 Å². The third-order valence-corrected chi connectivity index (χ3v) is 3.55. The Kier molecular flexibility index (Phi) is 4.49. The van der Waals surface area contributed by atoms with Crippen LogP contribution in [0.5, 0.6) is 5.75 Å². The summed E-state index contributed by atoms with van der Waals surface area (Å²) < 4.78 is 0. The minimum absolute atomic E-state index is 0.0704. The minimum atomic E-state index is -0.0948. The number of phenols is 1. The molecule has 1 amide bonds. The van der Waals surface area contributed by atoms with Gasteiger partial charge in [0.05, 0.1) is 5.56 Å². The first-order chi connectivity index (χ1) is 9.47. The molecule has 1 saturated heterocycles. The van der Waals surface area contributed by atoms with Gasteiger partial charge in [-0.15, -0.1) is 0 Å². The highest BCUT2D eigenvalue weighted by Crippen LogP contribution is 2.21. The van der Waals surface area contributed by atoms with Crippen LogP contribution in [0.4, 0.5) is 5.69 Å². The highest BCUT2D eigenvalue weighted by Gasteiger charge is 2.23. The van der Waals surface area contributed by atoms with Crippen LogP contribution in [-0.4, -0.2) is 53.5 Å². The SMILES string of the molecule is CC(C)CN1CCN(C(=O)c2cc(O)ccc2N)CC1. The number of carbonyl (C=O) groups is 1. The maximum absolute atomic E-state index is 12.4. The number of anilines is 1. The Morgan fingerprint density at radius 3 is 2.55 bits per heavy atom. The van der Waals surface area contributed by atoms with Crippen molar-refractivity contribution in [3.05, 3.63) is 23.8 Å². The van der Waals surface area contributed by atoms with Crippen LogP contribution < -0.4 is 5.73 Å². The lowest BCUT2D eigenvalue weighted by Crippen LogP contribution is -2.49. The van der Waals surface area contributed by atoms with E-state index < -0.39 is 0 Å². The molecule has 1 heterocycles. The van der Waals surface area contributed by atoms with Crippen molar-refractivity contribution in [3.63, 3.8) is 0 Å². The summed E-state index contributed by atoms with van der Waals surface area (Å²) in [4.78, 5) is 16.6. The van der Waals surface area contributed by atoms with Crippen LogP contribution in [-0.2, 0) is 0 Å². The number of phenolic OH excluding ortho intramolecular Hbond substituents is 1. The molecule has 0 unspecified atom stereocenters. The fraction of sp³-hybridized carbons (Fsp3) is 0.533. The van der Waals surface area contributed by atoms with Crippen LogP contribution in [0, 0.1) is 5.92 Å². The van der Waals surface area contributed by atoms with Crippen LogP contribution in [0.3, 0.4) is 0 Å². The second-order valence-corrected chi connectivity index (χ2v) is 5.76. The lowest BCUT2D eigenvalue weighted by Gasteiger charge is -2.35. The van der Waals surface area contributed by atoms with Crippen molar-refractivity contribution in [2.45, 2.75) is 13.8 Å². The third kappa shape index (κ3) is 3.42. The van der Waals surface area contributed by atoms with Crippen molar-refractivity contribution >= 4 is 11.6 Å².